The monoisotopic (exact) mass is 304 g/mol. The Balaban J connectivity index is 2.58. The molecule has 1 aliphatic heterocycles. The van der Waals surface area contributed by atoms with E-state index in [9.17, 15) is 4.79 Å². The van der Waals surface area contributed by atoms with Crippen molar-refractivity contribution >= 4 is 5.91 Å². The Kier molecular flexibility index (Phi) is 7.60. The van der Waals surface area contributed by atoms with Gasteiger partial charge in [-0.3, -0.25) is 4.79 Å². The average Bonchev–Trinajstić information content (AvgIpc) is 2.48. The Morgan fingerprint density at radius 2 is 1.77 bits per heavy atom. The molecule has 0 saturated carbocycles. The summed E-state index contributed by atoms with van der Waals surface area (Å²) in [4.78, 5) is 14.8. The maximum atomic E-state index is 12.3. The fourth-order valence-corrected chi connectivity index (χ4v) is 2.48. The molecule has 124 valence electrons. The van der Waals surface area contributed by atoms with Crippen molar-refractivity contribution in [2.24, 2.45) is 5.92 Å². The fraction of sp³-hybridized carbons (Fsp3) is 0.632. The molecule has 3 heteroatoms. The highest BCUT2D eigenvalue weighted by Crippen LogP contribution is 2.14. The Morgan fingerprint density at radius 3 is 2.23 bits per heavy atom. The van der Waals surface area contributed by atoms with Crippen LogP contribution in [0.2, 0.25) is 0 Å². The van der Waals surface area contributed by atoms with E-state index in [2.05, 4.69) is 51.4 Å². The summed E-state index contributed by atoms with van der Waals surface area (Å²) in [6, 6.07) is 0.866. The second kappa shape index (κ2) is 8.94. The van der Waals surface area contributed by atoms with Gasteiger partial charge in [0.1, 0.15) is 0 Å². The van der Waals surface area contributed by atoms with E-state index < -0.39 is 0 Å². The van der Waals surface area contributed by atoms with Gasteiger partial charge in [-0.1, -0.05) is 38.2 Å². The molecular weight excluding hydrogens is 272 g/mol. The number of nitrogens with zero attached hydrogens (tertiary/aromatic N) is 1. The van der Waals surface area contributed by atoms with Crippen LogP contribution < -0.4 is 5.32 Å². The molecule has 0 aliphatic carbocycles. The Bertz CT molecular complexity index is 438. The molecule has 0 aromatic carbocycles. The standard InChI is InChI=1S/C19H32N2O/c1-7-17(9-8-16(6)14(2)3)19(22)20-18-10-12-21(13-11-18)15(4)5/h7-9,14-15,18H,1,10-13H2,2-6H3,(H,20,22)/b16-8+,17-9+. The van der Waals surface area contributed by atoms with Gasteiger partial charge in [0.05, 0.1) is 0 Å². The highest BCUT2D eigenvalue weighted by molar-refractivity contribution is 5.96. The summed E-state index contributed by atoms with van der Waals surface area (Å²) in [5.74, 6) is 0.483. The molecule has 0 radical (unpaired) electrons. The molecule has 0 spiro atoms. The van der Waals surface area contributed by atoms with Crippen LogP contribution in [0.4, 0.5) is 0 Å². The van der Waals surface area contributed by atoms with Crippen LogP contribution in [-0.2, 0) is 4.79 Å². The third-order valence-electron chi connectivity index (χ3n) is 4.51. The molecule has 22 heavy (non-hydrogen) atoms. The highest BCUT2D eigenvalue weighted by atomic mass is 16.1. The van der Waals surface area contributed by atoms with Crippen molar-refractivity contribution in [3.63, 3.8) is 0 Å². The first-order valence-electron chi connectivity index (χ1n) is 8.41. The lowest BCUT2D eigenvalue weighted by Crippen LogP contribution is -2.46. The van der Waals surface area contributed by atoms with Crippen molar-refractivity contribution in [2.45, 2.75) is 59.5 Å². The average molecular weight is 304 g/mol. The summed E-state index contributed by atoms with van der Waals surface area (Å²) in [6.07, 6.45) is 7.58. The zero-order valence-electron chi connectivity index (χ0n) is 14.9. The summed E-state index contributed by atoms with van der Waals surface area (Å²) in [5, 5.41) is 3.15. The predicted octanol–water partition coefficient (Wildman–Crippen LogP) is 3.69. The van der Waals surface area contributed by atoms with Gasteiger partial charge in [0.2, 0.25) is 0 Å². The molecule has 1 aliphatic rings. The van der Waals surface area contributed by atoms with Gasteiger partial charge in [-0.15, -0.1) is 0 Å². The van der Waals surface area contributed by atoms with Crippen LogP contribution in [0.1, 0.15) is 47.5 Å². The zero-order chi connectivity index (χ0) is 16.7. The number of amides is 1. The molecule has 1 heterocycles. The first-order valence-corrected chi connectivity index (χ1v) is 8.41. The molecule has 0 unspecified atom stereocenters. The lowest BCUT2D eigenvalue weighted by molar-refractivity contribution is -0.118. The van der Waals surface area contributed by atoms with Gasteiger partial charge in [-0.2, -0.15) is 0 Å². The van der Waals surface area contributed by atoms with Gasteiger partial charge >= 0.3 is 0 Å². The minimum absolute atomic E-state index is 0.00852. The molecule has 1 saturated heterocycles. The van der Waals surface area contributed by atoms with Crippen molar-refractivity contribution in [3.8, 4) is 0 Å². The van der Waals surface area contributed by atoms with Crippen LogP contribution in [0.25, 0.3) is 0 Å². The number of likely N-dealkylation sites (tertiary alicyclic amines) is 1. The molecule has 1 amide bonds. The molecule has 1 N–H and O–H groups in total. The first kappa shape index (κ1) is 18.7. The summed E-state index contributed by atoms with van der Waals surface area (Å²) >= 11 is 0. The van der Waals surface area contributed by atoms with E-state index in [-0.39, 0.29) is 11.9 Å². The molecule has 0 atom stereocenters. The number of rotatable bonds is 6. The SMILES string of the molecule is C=C/C(=C\C=C(/C)C(C)C)C(=O)NC1CCN(C(C)C)CC1. The Morgan fingerprint density at radius 1 is 1.18 bits per heavy atom. The quantitative estimate of drug-likeness (QED) is 0.599. The minimum Gasteiger partial charge on any atom is -0.349 e. The van der Waals surface area contributed by atoms with Gasteiger partial charge in [0.25, 0.3) is 5.91 Å². The van der Waals surface area contributed by atoms with Crippen LogP contribution in [0.15, 0.2) is 36.0 Å². The second-order valence-electron chi connectivity index (χ2n) is 6.77. The third kappa shape index (κ3) is 5.80. The van der Waals surface area contributed by atoms with Crippen LogP contribution in [0.3, 0.4) is 0 Å². The van der Waals surface area contributed by atoms with E-state index in [4.69, 9.17) is 0 Å². The van der Waals surface area contributed by atoms with E-state index >= 15 is 0 Å². The van der Waals surface area contributed by atoms with Crippen molar-refractivity contribution < 1.29 is 4.79 Å². The van der Waals surface area contributed by atoms with Crippen LogP contribution >= 0.6 is 0 Å². The number of hydrogen-bond acceptors (Lipinski definition) is 2. The molecular formula is C19H32N2O. The molecule has 1 rings (SSSR count). The van der Waals surface area contributed by atoms with E-state index in [1.165, 1.54) is 5.57 Å². The third-order valence-corrected chi connectivity index (χ3v) is 4.51. The van der Waals surface area contributed by atoms with Crippen LogP contribution in [-0.4, -0.2) is 36.0 Å². The largest absolute Gasteiger partial charge is 0.349 e. The van der Waals surface area contributed by atoms with Crippen molar-refractivity contribution in [1.82, 2.24) is 10.2 Å². The maximum absolute atomic E-state index is 12.3. The van der Waals surface area contributed by atoms with Gasteiger partial charge in [-0.25, -0.2) is 0 Å². The molecule has 0 aromatic rings. The number of piperidine rings is 1. The summed E-state index contributed by atoms with van der Waals surface area (Å²) < 4.78 is 0. The van der Waals surface area contributed by atoms with E-state index in [1.54, 1.807) is 6.08 Å². The lowest BCUT2D eigenvalue weighted by Gasteiger charge is -2.34. The molecule has 3 nitrogen and oxygen atoms in total. The highest BCUT2D eigenvalue weighted by Gasteiger charge is 2.22. The molecule has 0 bridgehead atoms. The van der Waals surface area contributed by atoms with Crippen LogP contribution in [0, 0.1) is 5.92 Å². The van der Waals surface area contributed by atoms with Crippen molar-refractivity contribution in [1.29, 1.82) is 0 Å². The lowest BCUT2D eigenvalue weighted by atomic mass is 10.0. The van der Waals surface area contributed by atoms with E-state index in [0.717, 1.165) is 25.9 Å². The van der Waals surface area contributed by atoms with Crippen molar-refractivity contribution in [3.05, 3.63) is 36.0 Å². The summed E-state index contributed by atoms with van der Waals surface area (Å²) in [5.41, 5.74) is 1.91. The Labute approximate surface area is 136 Å². The summed E-state index contributed by atoms with van der Waals surface area (Å²) in [7, 11) is 0. The number of allylic oxidation sites excluding steroid dienone is 3. The van der Waals surface area contributed by atoms with E-state index in [1.807, 2.05) is 12.2 Å². The zero-order valence-corrected chi connectivity index (χ0v) is 14.9. The Hall–Kier alpha value is -1.35. The topological polar surface area (TPSA) is 32.3 Å². The van der Waals surface area contributed by atoms with Gasteiger partial charge in [0, 0.05) is 30.7 Å². The normalized spacial score (nSPS) is 18.9. The summed E-state index contributed by atoms with van der Waals surface area (Å²) in [6.45, 7) is 16.7. The van der Waals surface area contributed by atoms with E-state index in [0.29, 0.717) is 17.5 Å². The second-order valence-corrected chi connectivity index (χ2v) is 6.77. The number of carbonyl (C=O) groups excluding carboxylic acids is 1. The smallest absolute Gasteiger partial charge is 0.251 e. The number of carbonyl (C=O) groups is 1. The fourth-order valence-electron chi connectivity index (χ4n) is 2.48. The van der Waals surface area contributed by atoms with Gasteiger partial charge in [0.15, 0.2) is 0 Å². The van der Waals surface area contributed by atoms with Gasteiger partial charge < -0.3 is 10.2 Å². The number of hydrogen-bond donors (Lipinski definition) is 1. The van der Waals surface area contributed by atoms with Crippen LogP contribution in [0.5, 0.6) is 0 Å². The number of nitrogens with one attached hydrogen (secondary N) is 1. The van der Waals surface area contributed by atoms with Crippen molar-refractivity contribution in [2.75, 3.05) is 13.1 Å². The maximum Gasteiger partial charge on any atom is 0.251 e. The predicted molar refractivity (Wildman–Crippen MR) is 94.7 cm³/mol. The minimum atomic E-state index is -0.00852. The van der Waals surface area contributed by atoms with Gasteiger partial charge in [-0.05, 0) is 45.6 Å². The molecule has 1 fully saturated rings. The molecule has 0 aromatic heterocycles. The first-order chi connectivity index (χ1) is 10.3.